The van der Waals surface area contributed by atoms with Crippen molar-refractivity contribution in [2.75, 3.05) is 0 Å². The van der Waals surface area contributed by atoms with Crippen LogP contribution < -0.4 is 10.5 Å². The zero-order valence-corrected chi connectivity index (χ0v) is 15.1. The second-order valence-corrected chi connectivity index (χ2v) is 7.65. The Bertz CT molecular complexity index is 979. The molecule has 2 rings (SSSR count). The van der Waals surface area contributed by atoms with Crippen LogP contribution in [0.2, 0.25) is 0 Å². The number of hydrogen-bond donors (Lipinski definition) is 2. The molecule has 2 aromatic rings. The van der Waals surface area contributed by atoms with E-state index in [4.69, 9.17) is 11.0 Å². The van der Waals surface area contributed by atoms with E-state index in [-0.39, 0.29) is 22.4 Å². The lowest BCUT2D eigenvalue weighted by Gasteiger charge is -2.08. The average Bonchev–Trinajstić information content (AvgIpc) is 2.54. The van der Waals surface area contributed by atoms with Gasteiger partial charge in [-0.25, -0.2) is 13.1 Å². The van der Waals surface area contributed by atoms with Gasteiger partial charge in [-0.3, -0.25) is 9.59 Å². The summed E-state index contributed by atoms with van der Waals surface area (Å²) in [7, 11) is -4.11. The number of benzene rings is 2. The van der Waals surface area contributed by atoms with Crippen molar-refractivity contribution in [2.24, 2.45) is 5.73 Å². The Hall–Kier alpha value is -2.70. The first-order valence-electron chi connectivity index (χ1n) is 6.86. The van der Waals surface area contributed by atoms with Gasteiger partial charge in [-0.05, 0) is 35.9 Å². The van der Waals surface area contributed by atoms with Crippen LogP contribution >= 0.6 is 15.9 Å². The van der Waals surface area contributed by atoms with Crippen molar-refractivity contribution in [3.8, 4) is 6.07 Å². The van der Waals surface area contributed by atoms with Crippen LogP contribution in [0.25, 0.3) is 0 Å². The van der Waals surface area contributed by atoms with Crippen LogP contribution in [0.3, 0.4) is 0 Å². The molecule has 0 aliphatic rings. The summed E-state index contributed by atoms with van der Waals surface area (Å²) in [6.45, 7) is 0. The maximum Gasteiger partial charge on any atom is 0.264 e. The Labute approximate surface area is 152 Å². The Kier molecular flexibility index (Phi) is 5.56. The van der Waals surface area contributed by atoms with Crippen molar-refractivity contribution < 1.29 is 18.0 Å². The quantitative estimate of drug-likeness (QED) is 0.754. The fourth-order valence-electron chi connectivity index (χ4n) is 2.00. The minimum atomic E-state index is -4.11. The van der Waals surface area contributed by atoms with Crippen molar-refractivity contribution in [1.82, 2.24) is 4.72 Å². The highest BCUT2D eigenvalue weighted by molar-refractivity contribution is 9.10. The maximum absolute atomic E-state index is 12.3. The van der Waals surface area contributed by atoms with Crippen LogP contribution in [0.15, 0.2) is 51.8 Å². The van der Waals surface area contributed by atoms with E-state index in [1.807, 2.05) is 10.8 Å². The molecule has 7 nitrogen and oxygen atoms in total. The van der Waals surface area contributed by atoms with Gasteiger partial charge in [0.15, 0.2) is 0 Å². The molecule has 2 aromatic carbocycles. The van der Waals surface area contributed by atoms with E-state index in [0.29, 0.717) is 10.0 Å². The standard InChI is InChI=1S/C16H12BrN3O4S/c17-13-5-11(9-18)6-14(8-13)25(23,24)20-15(21)7-10-1-3-12(4-2-10)16(19)22/h1-6,8H,7H2,(H2,19,22)(H,20,21). The van der Waals surface area contributed by atoms with Crippen LogP contribution in [-0.2, 0) is 21.2 Å². The number of primary amides is 1. The summed E-state index contributed by atoms with van der Waals surface area (Å²) in [6.07, 6.45) is -0.197. The molecule has 0 bridgehead atoms. The van der Waals surface area contributed by atoms with Crippen LogP contribution in [0, 0.1) is 11.3 Å². The SMILES string of the molecule is N#Cc1cc(Br)cc(S(=O)(=O)NC(=O)Cc2ccc(C(N)=O)cc2)c1. The summed E-state index contributed by atoms with van der Waals surface area (Å²) < 4.78 is 26.9. The highest BCUT2D eigenvalue weighted by atomic mass is 79.9. The van der Waals surface area contributed by atoms with E-state index >= 15 is 0 Å². The lowest BCUT2D eigenvalue weighted by atomic mass is 10.1. The smallest absolute Gasteiger partial charge is 0.264 e. The van der Waals surface area contributed by atoms with Crippen molar-refractivity contribution in [2.45, 2.75) is 11.3 Å². The molecule has 128 valence electrons. The van der Waals surface area contributed by atoms with Gasteiger partial charge in [0.25, 0.3) is 10.0 Å². The molecule has 0 aliphatic heterocycles. The number of nitrogens with two attached hydrogens (primary N) is 1. The fraction of sp³-hybridized carbons (Fsp3) is 0.0625. The molecular formula is C16H12BrN3O4S. The molecule has 3 N–H and O–H groups in total. The molecule has 0 fully saturated rings. The number of nitriles is 1. The molecule has 2 amide bonds. The van der Waals surface area contributed by atoms with Gasteiger partial charge in [-0.1, -0.05) is 28.1 Å². The van der Waals surface area contributed by atoms with E-state index in [0.717, 1.165) is 0 Å². The van der Waals surface area contributed by atoms with E-state index in [1.54, 1.807) is 0 Å². The van der Waals surface area contributed by atoms with Crippen molar-refractivity contribution >= 4 is 37.8 Å². The van der Waals surface area contributed by atoms with Crippen molar-refractivity contribution in [1.29, 1.82) is 5.26 Å². The Balaban J connectivity index is 2.15. The molecule has 0 aromatic heterocycles. The number of hydrogen-bond acceptors (Lipinski definition) is 5. The molecule has 0 heterocycles. The number of rotatable bonds is 5. The first-order valence-corrected chi connectivity index (χ1v) is 9.14. The molecule has 0 spiro atoms. The van der Waals surface area contributed by atoms with Gasteiger partial charge in [0.1, 0.15) is 0 Å². The number of carbonyl (C=O) groups is 2. The number of carbonyl (C=O) groups excluding carboxylic acids is 2. The topological polar surface area (TPSA) is 130 Å². The summed E-state index contributed by atoms with van der Waals surface area (Å²) in [5.74, 6) is -1.34. The molecule has 0 saturated carbocycles. The van der Waals surface area contributed by atoms with Gasteiger partial charge in [0.2, 0.25) is 11.8 Å². The van der Waals surface area contributed by atoms with Crippen LogP contribution in [0.1, 0.15) is 21.5 Å². The van der Waals surface area contributed by atoms with Gasteiger partial charge in [0, 0.05) is 10.0 Å². The van der Waals surface area contributed by atoms with Crippen LogP contribution in [0.4, 0.5) is 0 Å². The first-order chi connectivity index (χ1) is 11.7. The zero-order chi connectivity index (χ0) is 18.6. The highest BCUT2D eigenvalue weighted by Gasteiger charge is 2.19. The van der Waals surface area contributed by atoms with E-state index in [1.165, 1.54) is 42.5 Å². The van der Waals surface area contributed by atoms with Gasteiger partial charge >= 0.3 is 0 Å². The molecular weight excluding hydrogens is 410 g/mol. The molecule has 0 aliphatic carbocycles. The summed E-state index contributed by atoms with van der Waals surface area (Å²) in [5.41, 5.74) is 6.07. The average molecular weight is 422 g/mol. The normalized spacial score (nSPS) is 10.7. The molecule has 0 radical (unpaired) electrons. The van der Waals surface area contributed by atoms with Gasteiger partial charge in [-0.15, -0.1) is 0 Å². The number of nitrogens with one attached hydrogen (secondary N) is 1. The summed E-state index contributed by atoms with van der Waals surface area (Å²) >= 11 is 3.12. The fourth-order valence-corrected chi connectivity index (χ4v) is 3.70. The summed E-state index contributed by atoms with van der Waals surface area (Å²) in [5, 5.41) is 8.90. The number of halogens is 1. The van der Waals surface area contributed by atoms with Crippen molar-refractivity contribution in [3.05, 3.63) is 63.6 Å². The van der Waals surface area contributed by atoms with Gasteiger partial charge in [0.05, 0.1) is 22.9 Å². The Morgan fingerprint density at radius 3 is 2.36 bits per heavy atom. The molecule has 0 saturated heterocycles. The minimum absolute atomic E-state index is 0.143. The predicted octanol–water partition coefficient (Wildman–Crippen LogP) is 1.47. The third-order valence-electron chi connectivity index (χ3n) is 3.16. The predicted molar refractivity (Wildman–Crippen MR) is 92.8 cm³/mol. The number of amides is 2. The minimum Gasteiger partial charge on any atom is -0.366 e. The van der Waals surface area contributed by atoms with Gasteiger partial charge < -0.3 is 5.73 Å². The molecule has 0 atom stereocenters. The summed E-state index contributed by atoms with van der Waals surface area (Å²) in [6, 6.07) is 11.7. The summed E-state index contributed by atoms with van der Waals surface area (Å²) in [4.78, 5) is 22.8. The third-order valence-corrected chi connectivity index (χ3v) is 4.97. The third kappa shape index (κ3) is 4.89. The second-order valence-electron chi connectivity index (χ2n) is 5.05. The lowest BCUT2D eigenvalue weighted by Crippen LogP contribution is -2.31. The van der Waals surface area contributed by atoms with Crippen LogP contribution in [-0.4, -0.2) is 20.2 Å². The maximum atomic E-state index is 12.3. The molecule has 9 heteroatoms. The Morgan fingerprint density at radius 1 is 1.16 bits per heavy atom. The largest absolute Gasteiger partial charge is 0.366 e. The van der Waals surface area contributed by atoms with E-state index in [2.05, 4.69) is 15.9 Å². The van der Waals surface area contributed by atoms with Gasteiger partial charge in [-0.2, -0.15) is 5.26 Å². The zero-order valence-electron chi connectivity index (χ0n) is 12.7. The second kappa shape index (κ2) is 7.46. The number of nitrogens with zero attached hydrogens (tertiary/aromatic N) is 1. The lowest BCUT2D eigenvalue weighted by molar-refractivity contribution is -0.118. The number of sulfonamides is 1. The molecule has 0 unspecified atom stereocenters. The van der Waals surface area contributed by atoms with Crippen LogP contribution in [0.5, 0.6) is 0 Å². The highest BCUT2D eigenvalue weighted by Crippen LogP contribution is 2.19. The van der Waals surface area contributed by atoms with Crippen molar-refractivity contribution in [3.63, 3.8) is 0 Å². The first kappa shape index (κ1) is 18.6. The Morgan fingerprint density at radius 2 is 1.80 bits per heavy atom. The monoisotopic (exact) mass is 421 g/mol. The van der Waals surface area contributed by atoms with E-state index in [9.17, 15) is 18.0 Å². The van der Waals surface area contributed by atoms with E-state index < -0.39 is 21.8 Å². The molecule has 25 heavy (non-hydrogen) atoms.